The van der Waals surface area contributed by atoms with Crippen LogP contribution in [0.5, 0.6) is 0 Å². The van der Waals surface area contributed by atoms with Gasteiger partial charge in [-0.2, -0.15) is 0 Å². The molecule has 2 rings (SSSR count). The summed E-state index contributed by atoms with van der Waals surface area (Å²) in [5.41, 5.74) is 0.889. The van der Waals surface area contributed by atoms with Gasteiger partial charge in [-0.05, 0) is 36.8 Å². The van der Waals surface area contributed by atoms with Crippen molar-refractivity contribution in [2.45, 2.75) is 17.7 Å². The van der Waals surface area contributed by atoms with E-state index in [1.54, 1.807) is 18.2 Å². The number of carbonyl (C=O) groups is 1. The summed E-state index contributed by atoms with van der Waals surface area (Å²) in [5, 5.41) is 16.6. The molecule has 0 aliphatic carbocycles. The number of nitro benzene ring substituents is 1. The summed E-state index contributed by atoms with van der Waals surface area (Å²) in [4.78, 5) is 22.6. The van der Waals surface area contributed by atoms with Gasteiger partial charge in [-0.25, -0.2) is 12.7 Å². The molecule has 28 heavy (non-hydrogen) atoms. The topological polar surface area (TPSA) is 122 Å². The highest BCUT2D eigenvalue weighted by molar-refractivity contribution is 7.89. The Hall–Kier alpha value is -2.98. The normalized spacial score (nSPS) is 11.2. The molecule has 0 aromatic heterocycles. The van der Waals surface area contributed by atoms with Crippen LogP contribution in [0.2, 0.25) is 0 Å². The third-order valence-corrected chi connectivity index (χ3v) is 5.74. The van der Waals surface area contributed by atoms with Gasteiger partial charge in [0.25, 0.3) is 5.69 Å². The van der Waals surface area contributed by atoms with Gasteiger partial charge in [0.15, 0.2) is 0 Å². The van der Waals surface area contributed by atoms with Crippen LogP contribution < -0.4 is 10.6 Å². The number of benzene rings is 2. The van der Waals surface area contributed by atoms with Gasteiger partial charge in [0, 0.05) is 38.8 Å². The standard InChI is InChI=1S/C18H22N4O5S/c1-21(2)28(26,27)15-11-9-14(10-12-15)20-18(23)8-5-13-19-16-6-3-4-7-17(16)22(24)25/h3-4,6-7,9-12,19H,5,8,13H2,1-2H3,(H,20,23). The van der Waals surface area contributed by atoms with Crippen LogP contribution in [-0.2, 0) is 14.8 Å². The summed E-state index contributed by atoms with van der Waals surface area (Å²) in [7, 11) is -0.616. The molecule has 0 fully saturated rings. The second-order valence-electron chi connectivity index (χ2n) is 6.16. The lowest BCUT2D eigenvalue weighted by Crippen LogP contribution is -2.22. The van der Waals surface area contributed by atoms with Crippen molar-refractivity contribution in [1.82, 2.24) is 4.31 Å². The van der Waals surface area contributed by atoms with Crippen LogP contribution in [-0.4, -0.2) is 44.2 Å². The number of para-hydroxylation sites is 2. The number of rotatable bonds is 9. The number of carbonyl (C=O) groups excluding carboxylic acids is 1. The predicted octanol–water partition coefficient (Wildman–Crippen LogP) is 2.68. The minimum Gasteiger partial charge on any atom is -0.379 e. The second-order valence-corrected chi connectivity index (χ2v) is 8.32. The third kappa shape index (κ3) is 5.51. The minimum absolute atomic E-state index is 0.0142. The first-order valence-corrected chi connectivity index (χ1v) is 9.95. The molecule has 0 atom stereocenters. The van der Waals surface area contributed by atoms with E-state index >= 15 is 0 Å². The molecule has 0 aliphatic rings. The minimum atomic E-state index is -3.51. The number of hydrogen-bond donors (Lipinski definition) is 2. The quantitative estimate of drug-likeness (QED) is 0.375. The maximum absolute atomic E-state index is 12.0. The van der Waals surface area contributed by atoms with E-state index in [0.29, 0.717) is 24.3 Å². The number of nitrogens with one attached hydrogen (secondary N) is 2. The van der Waals surface area contributed by atoms with Crippen molar-refractivity contribution in [3.63, 3.8) is 0 Å². The average molecular weight is 406 g/mol. The van der Waals surface area contributed by atoms with E-state index in [1.807, 2.05) is 0 Å². The van der Waals surface area contributed by atoms with Crippen molar-refractivity contribution in [3.8, 4) is 0 Å². The Balaban J connectivity index is 1.83. The van der Waals surface area contributed by atoms with Crippen LogP contribution in [0.25, 0.3) is 0 Å². The van der Waals surface area contributed by atoms with Crippen LogP contribution in [0.15, 0.2) is 53.4 Å². The summed E-state index contributed by atoms with van der Waals surface area (Å²) < 4.78 is 25.1. The Morgan fingerprint density at radius 3 is 2.36 bits per heavy atom. The van der Waals surface area contributed by atoms with Crippen molar-refractivity contribution in [1.29, 1.82) is 0 Å². The molecule has 0 saturated heterocycles. The number of nitro groups is 1. The highest BCUT2D eigenvalue weighted by Gasteiger charge is 2.16. The molecule has 1 amide bonds. The Kier molecular flexibility index (Phi) is 7.07. The fourth-order valence-electron chi connectivity index (χ4n) is 2.40. The SMILES string of the molecule is CN(C)S(=O)(=O)c1ccc(NC(=O)CCCNc2ccccc2[N+](=O)[O-])cc1. The molecule has 9 nitrogen and oxygen atoms in total. The highest BCUT2D eigenvalue weighted by atomic mass is 32.2. The second kappa shape index (κ2) is 9.29. The van der Waals surface area contributed by atoms with Gasteiger partial charge in [-0.1, -0.05) is 12.1 Å². The Morgan fingerprint density at radius 1 is 1.11 bits per heavy atom. The van der Waals surface area contributed by atoms with E-state index < -0.39 is 14.9 Å². The molecule has 0 spiro atoms. The van der Waals surface area contributed by atoms with Crippen LogP contribution in [0.4, 0.5) is 17.1 Å². The van der Waals surface area contributed by atoms with E-state index in [4.69, 9.17) is 0 Å². The molecule has 0 saturated carbocycles. The maximum Gasteiger partial charge on any atom is 0.292 e. The molecule has 10 heteroatoms. The predicted molar refractivity (Wildman–Crippen MR) is 107 cm³/mol. The Morgan fingerprint density at radius 2 is 1.75 bits per heavy atom. The van der Waals surface area contributed by atoms with E-state index in [-0.39, 0.29) is 22.9 Å². The summed E-state index contributed by atoms with van der Waals surface area (Å²) in [6.45, 7) is 0.401. The van der Waals surface area contributed by atoms with Crippen LogP contribution in [0.3, 0.4) is 0 Å². The lowest BCUT2D eigenvalue weighted by Gasteiger charge is -2.12. The fourth-order valence-corrected chi connectivity index (χ4v) is 3.30. The van der Waals surface area contributed by atoms with Crippen molar-refractivity contribution >= 4 is 33.0 Å². The Bertz CT molecular complexity index is 943. The molecular weight excluding hydrogens is 384 g/mol. The summed E-state index contributed by atoms with van der Waals surface area (Å²) in [6, 6.07) is 12.2. The first-order valence-electron chi connectivity index (χ1n) is 8.51. The number of hydrogen-bond acceptors (Lipinski definition) is 6. The molecule has 2 aromatic rings. The number of anilines is 2. The number of amides is 1. The first kappa shape index (κ1) is 21.3. The zero-order chi connectivity index (χ0) is 20.7. The summed E-state index contributed by atoms with van der Waals surface area (Å²) in [6.07, 6.45) is 0.691. The van der Waals surface area contributed by atoms with Crippen molar-refractivity contribution in [2.75, 3.05) is 31.3 Å². The van der Waals surface area contributed by atoms with Crippen LogP contribution >= 0.6 is 0 Å². The van der Waals surface area contributed by atoms with Crippen LogP contribution in [0.1, 0.15) is 12.8 Å². The maximum atomic E-state index is 12.0. The summed E-state index contributed by atoms with van der Waals surface area (Å²) >= 11 is 0. The van der Waals surface area contributed by atoms with Crippen molar-refractivity contribution in [2.24, 2.45) is 0 Å². The van der Waals surface area contributed by atoms with Gasteiger partial charge in [0.2, 0.25) is 15.9 Å². The van der Waals surface area contributed by atoms with E-state index in [0.717, 1.165) is 4.31 Å². The zero-order valence-electron chi connectivity index (χ0n) is 15.6. The average Bonchev–Trinajstić information content (AvgIpc) is 2.65. The lowest BCUT2D eigenvalue weighted by molar-refractivity contribution is -0.384. The number of nitrogens with zero attached hydrogens (tertiary/aromatic N) is 2. The molecule has 2 N–H and O–H groups in total. The van der Waals surface area contributed by atoms with E-state index in [9.17, 15) is 23.3 Å². The third-order valence-electron chi connectivity index (χ3n) is 3.91. The van der Waals surface area contributed by atoms with E-state index in [1.165, 1.54) is 44.4 Å². The van der Waals surface area contributed by atoms with Gasteiger partial charge >= 0.3 is 0 Å². The first-order chi connectivity index (χ1) is 13.2. The van der Waals surface area contributed by atoms with Crippen LogP contribution in [0, 0.1) is 10.1 Å². The molecule has 0 unspecified atom stereocenters. The van der Waals surface area contributed by atoms with Gasteiger partial charge in [-0.15, -0.1) is 0 Å². The molecule has 0 aliphatic heterocycles. The highest BCUT2D eigenvalue weighted by Crippen LogP contribution is 2.23. The number of sulfonamides is 1. The van der Waals surface area contributed by atoms with Gasteiger partial charge in [-0.3, -0.25) is 14.9 Å². The van der Waals surface area contributed by atoms with Gasteiger partial charge < -0.3 is 10.6 Å². The molecule has 0 radical (unpaired) electrons. The van der Waals surface area contributed by atoms with Gasteiger partial charge in [0.05, 0.1) is 9.82 Å². The molecule has 150 valence electrons. The summed E-state index contributed by atoms with van der Waals surface area (Å²) in [5.74, 6) is -0.229. The molecule has 0 heterocycles. The lowest BCUT2D eigenvalue weighted by atomic mass is 10.2. The fraction of sp³-hybridized carbons (Fsp3) is 0.278. The van der Waals surface area contributed by atoms with E-state index in [2.05, 4.69) is 10.6 Å². The monoisotopic (exact) mass is 406 g/mol. The molecule has 2 aromatic carbocycles. The smallest absolute Gasteiger partial charge is 0.292 e. The molecular formula is C18H22N4O5S. The van der Waals surface area contributed by atoms with Crippen molar-refractivity contribution < 1.29 is 18.1 Å². The largest absolute Gasteiger partial charge is 0.379 e. The van der Waals surface area contributed by atoms with Crippen molar-refractivity contribution in [3.05, 3.63) is 58.6 Å². The Labute approximate surface area is 163 Å². The zero-order valence-corrected chi connectivity index (χ0v) is 16.4. The molecule has 0 bridgehead atoms. The van der Waals surface area contributed by atoms with Gasteiger partial charge in [0.1, 0.15) is 5.69 Å².